The van der Waals surface area contributed by atoms with Crippen molar-refractivity contribution in [3.63, 3.8) is 0 Å². The molecule has 0 saturated carbocycles. The fourth-order valence-corrected chi connectivity index (χ4v) is 2.39. The van der Waals surface area contributed by atoms with E-state index in [9.17, 15) is 14.4 Å². The maximum atomic E-state index is 12.2. The third-order valence-corrected chi connectivity index (χ3v) is 3.55. The van der Waals surface area contributed by atoms with Crippen molar-refractivity contribution in [2.24, 2.45) is 0 Å². The second-order valence-electron chi connectivity index (χ2n) is 5.02. The minimum atomic E-state index is -0.999. The summed E-state index contributed by atoms with van der Waals surface area (Å²) >= 11 is 6.03. The Bertz CT molecular complexity index is 620. The van der Waals surface area contributed by atoms with Crippen LogP contribution < -0.4 is 15.5 Å². The first-order valence-electron chi connectivity index (χ1n) is 6.76. The Morgan fingerprint density at radius 1 is 1.50 bits per heavy atom. The van der Waals surface area contributed by atoms with Crippen molar-refractivity contribution in [3.05, 3.63) is 28.8 Å². The topological polar surface area (TPSA) is 98.7 Å². The number of nitrogens with zero attached hydrogens (tertiary/aromatic N) is 1. The molecule has 0 aliphatic carbocycles. The molecule has 22 heavy (non-hydrogen) atoms. The predicted octanol–water partition coefficient (Wildman–Crippen LogP) is 1.46. The van der Waals surface area contributed by atoms with Gasteiger partial charge in [-0.1, -0.05) is 11.6 Å². The molecular formula is C14H16ClN3O4. The molecule has 1 aromatic rings. The van der Waals surface area contributed by atoms with Gasteiger partial charge in [0.25, 0.3) is 5.91 Å². The number of carboxylic acids is 1. The molecule has 1 unspecified atom stereocenters. The highest BCUT2D eigenvalue weighted by atomic mass is 35.5. The first-order valence-corrected chi connectivity index (χ1v) is 7.14. The lowest BCUT2D eigenvalue weighted by molar-refractivity contribution is -0.137. The van der Waals surface area contributed by atoms with Crippen LogP contribution in [0.25, 0.3) is 0 Å². The van der Waals surface area contributed by atoms with Gasteiger partial charge in [0.15, 0.2) is 0 Å². The number of carbonyl (C=O) groups is 3. The monoisotopic (exact) mass is 325 g/mol. The number of hydrogen-bond acceptors (Lipinski definition) is 3. The Balaban J connectivity index is 2.17. The van der Waals surface area contributed by atoms with Gasteiger partial charge in [-0.2, -0.15) is 0 Å². The first kappa shape index (κ1) is 16.1. The van der Waals surface area contributed by atoms with Crippen molar-refractivity contribution in [2.45, 2.75) is 19.4 Å². The summed E-state index contributed by atoms with van der Waals surface area (Å²) in [7, 11) is 0. The lowest BCUT2D eigenvalue weighted by Gasteiger charge is -2.17. The number of aliphatic carboxylic acids is 1. The minimum Gasteiger partial charge on any atom is -0.481 e. The van der Waals surface area contributed by atoms with E-state index in [2.05, 4.69) is 10.6 Å². The van der Waals surface area contributed by atoms with Crippen LogP contribution >= 0.6 is 11.6 Å². The number of amides is 3. The quantitative estimate of drug-likeness (QED) is 0.763. The first-order chi connectivity index (χ1) is 10.4. The number of carboxylic acid groups (broad SMARTS) is 1. The molecule has 1 heterocycles. The molecule has 0 bridgehead atoms. The summed E-state index contributed by atoms with van der Waals surface area (Å²) in [5.41, 5.74) is 0.770. The number of halogens is 1. The van der Waals surface area contributed by atoms with Crippen LogP contribution in [0.4, 0.5) is 10.5 Å². The van der Waals surface area contributed by atoms with Crippen LogP contribution in [0.15, 0.2) is 18.2 Å². The second kappa shape index (κ2) is 6.65. The third kappa shape index (κ3) is 3.67. The van der Waals surface area contributed by atoms with Crippen molar-refractivity contribution in [3.8, 4) is 0 Å². The smallest absolute Gasteiger partial charge is 0.321 e. The molecule has 1 aliphatic rings. The van der Waals surface area contributed by atoms with E-state index >= 15 is 0 Å². The summed E-state index contributed by atoms with van der Waals surface area (Å²) in [5, 5.41) is 14.2. The molecule has 1 aliphatic heterocycles. The summed E-state index contributed by atoms with van der Waals surface area (Å²) in [6, 6.07) is 3.97. The van der Waals surface area contributed by atoms with Crippen molar-refractivity contribution in [1.29, 1.82) is 0 Å². The van der Waals surface area contributed by atoms with Crippen molar-refractivity contribution in [2.75, 3.05) is 18.0 Å². The summed E-state index contributed by atoms with van der Waals surface area (Å²) in [5.74, 6) is -1.47. The lowest BCUT2D eigenvalue weighted by atomic mass is 10.1. The molecular weight excluding hydrogens is 310 g/mol. The molecule has 1 atom stereocenters. The molecule has 3 amide bonds. The summed E-state index contributed by atoms with van der Waals surface area (Å²) in [6.07, 6.45) is -0.183. The van der Waals surface area contributed by atoms with Gasteiger partial charge in [-0.05, 0) is 25.1 Å². The zero-order chi connectivity index (χ0) is 16.3. The van der Waals surface area contributed by atoms with E-state index in [1.165, 1.54) is 11.0 Å². The molecule has 0 radical (unpaired) electrons. The number of anilines is 1. The summed E-state index contributed by atoms with van der Waals surface area (Å²) in [6.45, 7) is 2.65. The summed E-state index contributed by atoms with van der Waals surface area (Å²) in [4.78, 5) is 36.0. The van der Waals surface area contributed by atoms with E-state index < -0.39 is 17.9 Å². The third-order valence-electron chi connectivity index (χ3n) is 3.22. The largest absolute Gasteiger partial charge is 0.481 e. The number of nitrogens with one attached hydrogen (secondary N) is 2. The Labute approximate surface area is 132 Å². The number of carbonyl (C=O) groups excluding carboxylic acids is 2. The molecule has 1 saturated heterocycles. The van der Waals surface area contributed by atoms with Crippen LogP contribution in [0, 0.1) is 0 Å². The lowest BCUT2D eigenvalue weighted by Crippen LogP contribution is -2.34. The number of rotatable bonds is 5. The van der Waals surface area contributed by atoms with Crippen LogP contribution in [0.3, 0.4) is 0 Å². The van der Waals surface area contributed by atoms with E-state index in [1.54, 1.807) is 19.1 Å². The number of benzene rings is 1. The van der Waals surface area contributed by atoms with Crippen LogP contribution in [0.5, 0.6) is 0 Å². The Morgan fingerprint density at radius 3 is 2.82 bits per heavy atom. The molecule has 8 heteroatoms. The molecule has 3 N–H and O–H groups in total. The standard InChI is InChI=1S/C14H16ClN3O4/c1-8(6-12(19)20)17-13(21)10-7-9(2-3-11(10)15)18-5-4-16-14(18)22/h2-3,7-8H,4-6H2,1H3,(H,16,22)(H,17,21)(H,19,20). The van der Waals surface area contributed by atoms with Gasteiger partial charge in [0.2, 0.25) is 0 Å². The van der Waals surface area contributed by atoms with Gasteiger partial charge >= 0.3 is 12.0 Å². The van der Waals surface area contributed by atoms with Gasteiger partial charge in [0.05, 0.1) is 17.0 Å². The molecule has 1 aromatic carbocycles. The maximum Gasteiger partial charge on any atom is 0.321 e. The Hall–Kier alpha value is -2.28. The van der Waals surface area contributed by atoms with Crippen LogP contribution in [0.1, 0.15) is 23.7 Å². The molecule has 7 nitrogen and oxygen atoms in total. The van der Waals surface area contributed by atoms with E-state index in [4.69, 9.17) is 16.7 Å². The van der Waals surface area contributed by atoms with Crippen LogP contribution in [-0.2, 0) is 4.79 Å². The molecule has 2 rings (SSSR count). The maximum absolute atomic E-state index is 12.2. The zero-order valence-corrected chi connectivity index (χ0v) is 12.7. The average Bonchev–Trinajstić information content (AvgIpc) is 2.84. The average molecular weight is 326 g/mol. The van der Waals surface area contributed by atoms with Crippen LogP contribution in [-0.4, -0.2) is 42.1 Å². The predicted molar refractivity (Wildman–Crippen MR) is 81.4 cm³/mol. The molecule has 118 valence electrons. The zero-order valence-electron chi connectivity index (χ0n) is 11.9. The van der Waals surface area contributed by atoms with Gasteiger partial charge < -0.3 is 15.7 Å². The van der Waals surface area contributed by atoms with Crippen molar-refractivity contribution < 1.29 is 19.5 Å². The molecule has 0 spiro atoms. The normalized spacial score (nSPS) is 15.4. The molecule has 0 aromatic heterocycles. The van der Waals surface area contributed by atoms with Crippen LogP contribution in [0.2, 0.25) is 5.02 Å². The van der Waals surface area contributed by atoms with E-state index in [-0.39, 0.29) is 23.0 Å². The van der Waals surface area contributed by atoms with Crippen molar-refractivity contribution in [1.82, 2.24) is 10.6 Å². The van der Waals surface area contributed by atoms with E-state index in [1.807, 2.05) is 0 Å². The van der Waals surface area contributed by atoms with E-state index in [0.717, 1.165) is 0 Å². The molecule has 1 fully saturated rings. The van der Waals surface area contributed by atoms with Gasteiger partial charge in [0.1, 0.15) is 0 Å². The highest BCUT2D eigenvalue weighted by Gasteiger charge is 2.23. The highest BCUT2D eigenvalue weighted by Crippen LogP contribution is 2.24. The van der Waals surface area contributed by atoms with Gasteiger partial charge in [-0.25, -0.2) is 4.79 Å². The Morgan fingerprint density at radius 2 is 2.23 bits per heavy atom. The van der Waals surface area contributed by atoms with Gasteiger partial charge in [-0.15, -0.1) is 0 Å². The van der Waals surface area contributed by atoms with Crippen molar-refractivity contribution >= 4 is 35.2 Å². The number of hydrogen-bond donors (Lipinski definition) is 3. The SMILES string of the molecule is CC(CC(=O)O)NC(=O)c1cc(N2CCNC2=O)ccc1Cl. The van der Waals surface area contributed by atoms with E-state index in [0.29, 0.717) is 18.8 Å². The fraction of sp³-hybridized carbons (Fsp3) is 0.357. The highest BCUT2D eigenvalue weighted by molar-refractivity contribution is 6.34. The summed E-state index contributed by atoms with van der Waals surface area (Å²) < 4.78 is 0. The minimum absolute atomic E-state index is 0.183. The van der Waals surface area contributed by atoms with Gasteiger partial charge in [-0.3, -0.25) is 14.5 Å². The Kier molecular flexibility index (Phi) is 4.87. The second-order valence-corrected chi connectivity index (χ2v) is 5.43. The number of urea groups is 1. The van der Waals surface area contributed by atoms with Gasteiger partial charge in [0, 0.05) is 24.8 Å². The fourth-order valence-electron chi connectivity index (χ4n) is 2.19.